The molecule has 2 rings (SSSR count). The molecule has 0 bridgehead atoms. The van der Waals surface area contributed by atoms with E-state index in [0.717, 1.165) is 5.56 Å². The highest BCUT2D eigenvalue weighted by molar-refractivity contribution is 6.35. The van der Waals surface area contributed by atoms with Crippen LogP contribution in [-0.2, 0) is 0 Å². The third-order valence-electron chi connectivity index (χ3n) is 2.47. The normalized spacial score (nSPS) is 10.3. The SMILES string of the molecule is Cc1ccc(Cl)c(NC(=O)c2cc(N)cnc2Cl)c1. The van der Waals surface area contributed by atoms with E-state index in [-0.39, 0.29) is 10.7 Å². The summed E-state index contributed by atoms with van der Waals surface area (Å²) in [5, 5.41) is 3.23. The van der Waals surface area contributed by atoms with Crippen LogP contribution in [0.3, 0.4) is 0 Å². The summed E-state index contributed by atoms with van der Waals surface area (Å²) in [5.74, 6) is -0.405. The van der Waals surface area contributed by atoms with E-state index in [1.54, 1.807) is 12.1 Å². The molecule has 0 aliphatic carbocycles. The first kappa shape index (κ1) is 13.6. The third-order valence-corrected chi connectivity index (χ3v) is 3.11. The fourth-order valence-corrected chi connectivity index (χ4v) is 1.90. The Kier molecular flexibility index (Phi) is 3.93. The van der Waals surface area contributed by atoms with Crippen LogP contribution in [0.1, 0.15) is 15.9 Å². The van der Waals surface area contributed by atoms with Crippen LogP contribution in [0.15, 0.2) is 30.5 Å². The third kappa shape index (κ3) is 3.16. The Morgan fingerprint density at radius 2 is 2.05 bits per heavy atom. The predicted octanol–water partition coefficient (Wildman–Crippen LogP) is 3.53. The minimum absolute atomic E-state index is 0.0930. The molecule has 1 amide bonds. The van der Waals surface area contributed by atoms with E-state index in [9.17, 15) is 4.79 Å². The largest absolute Gasteiger partial charge is 0.397 e. The number of rotatable bonds is 2. The van der Waals surface area contributed by atoms with Gasteiger partial charge >= 0.3 is 0 Å². The van der Waals surface area contributed by atoms with Crippen molar-refractivity contribution in [1.82, 2.24) is 4.98 Å². The predicted molar refractivity (Wildman–Crippen MR) is 77.8 cm³/mol. The second-order valence-corrected chi connectivity index (χ2v) is 4.81. The fraction of sp³-hybridized carbons (Fsp3) is 0.0769. The van der Waals surface area contributed by atoms with Crippen molar-refractivity contribution in [2.75, 3.05) is 11.1 Å². The van der Waals surface area contributed by atoms with E-state index in [1.807, 2.05) is 13.0 Å². The Morgan fingerprint density at radius 3 is 2.79 bits per heavy atom. The first-order valence-electron chi connectivity index (χ1n) is 5.46. The van der Waals surface area contributed by atoms with Crippen LogP contribution in [0.4, 0.5) is 11.4 Å². The average molecular weight is 296 g/mol. The van der Waals surface area contributed by atoms with E-state index in [0.29, 0.717) is 16.4 Å². The molecule has 0 aliphatic rings. The number of nitrogens with two attached hydrogens (primary N) is 1. The zero-order valence-corrected chi connectivity index (χ0v) is 11.6. The standard InChI is InChI=1S/C13H11Cl2N3O/c1-7-2-3-10(14)11(4-7)18-13(19)9-5-8(16)6-17-12(9)15/h2-6H,16H2,1H3,(H,18,19). The zero-order chi connectivity index (χ0) is 14.0. The lowest BCUT2D eigenvalue weighted by Gasteiger charge is -2.09. The second-order valence-electron chi connectivity index (χ2n) is 4.04. The van der Waals surface area contributed by atoms with Crippen LogP contribution in [0.2, 0.25) is 10.2 Å². The molecule has 0 atom stereocenters. The molecule has 0 saturated heterocycles. The number of anilines is 2. The van der Waals surface area contributed by atoms with Crippen molar-refractivity contribution < 1.29 is 4.79 Å². The molecule has 3 N–H and O–H groups in total. The van der Waals surface area contributed by atoms with E-state index in [1.165, 1.54) is 12.3 Å². The van der Waals surface area contributed by atoms with Gasteiger partial charge in [-0.2, -0.15) is 0 Å². The molecule has 0 aliphatic heterocycles. The number of hydrogen-bond acceptors (Lipinski definition) is 3. The highest BCUT2D eigenvalue weighted by atomic mass is 35.5. The Bertz CT molecular complexity index is 644. The summed E-state index contributed by atoms with van der Waals surface area (Å²) in [5.41, 5.74) is 7.66. The smallest absolute Gasteiger partial charge is 0.258 e. The van der Waals surface area contributed by atoms with Gasteiger partial charge < -0.3 is 11.1 Å². The highest BCUT2D eigenvalue weighted by Crippen LogP contribution is 2.24. The van der Waals surface area contributed by atoms with Gasteiger partial charge in [-0.25, -0.2) is 4.98 Å². The molecule has 19 heavy (non-hydrogen) atoms. The van der Waals surface area contributed by atoms with Crippen molar-refractivity contribution >= 4 is 40.5 Å². The van der Waals surface area contributed by atoms with Crippen LogP contribution in [0.25, 0.3) is 0 Å². The number of nitrogen functional groups attached to an aromatic ring is 1. The number of benzene rings is 1. The molecule has 98 valence electrons. The van der Waals surface area contributed by atoms with Crippen LogP contribution >= 0.6 is 23.2 Å². The summed E-state index contributed by atoms with van der Waals surface area (Å²) in [4.78, 5) is 15.9. The maximum absolute atomic E-state index is 12.1. The monoisotopic (exact) mass is 295 g/mol. The molecule has 1 aromatic heterocycles. The van der Waals surface area contributed by atoms with Gasteiger partial charge in [0, 0.05) is 0 Å². The van der Waals surface area contributed by atoms with Crippen molar-refractivity contribution in [3.05, 3.63) is 51.8 Å². The molecule has 6 heteroatoms. The Balaban J connectivity index is 2.30. The van der Waals surface area contributed by atoms with Crippen molar-refractivity contribution in [1.29, 1.82) is 0 Å². The molecule has 0 saturated carbocycles. The van der Waals surface area contributed by atoms with E-state index < -0.39 is 5.91 Å². The van der Waals surface area contributed by atoms with Gasteiger partial charge in [0.2, 0.25) is 0 Å². The van der Waals surface area contributed by atoms with Crippen molar-refractivity contribution in [2.45, 2.75) is 6.92 Å². The topological polar surface area (TPSA) is 68.0 Å². The van der Waals surface area contributed by atoms with Crippen LogP contribution < -0.4 is 11.1 Å². The Labute approximate surface area is 120 Å². The number of amides is 1. The second kappa shape index (κ2) is 5.47. The highest BCUT2D eigenvalue weighted by Gasteiger charge is 2.13. The van der Waals surface area contributed by atoms with Gasteiger partial charge in [-0.05, 0) is 30.7 Å². The summed E-state index contributed by atoms with van der Waals surface area (Å²) in [6.45, 7) is 1.90. The first-order chi connectivity index (χ1) is 8.97. The fourth-order valence-electron chi connectivity index (χ4n) is 1.55. The van der Waals surface area contributed by atoms with Gasteiger partial charge in [0.1, 0.15) is 5.15 Å². The molecule has 2 aromatic rings. The molecule has 1 aromatic carbocycles. The lowest BCUT2D eigenvalue weighted by Crippen LogP contribution is -2.14. The number of hydrogen-bond donors (Lipinski definition) is 2. The van der Waals surface area contributed by atoms with Crippen LogP contribution in [-0.4, -0.2) is 10.9 Å². The minimum Gasteiger partial charge on any atom is -0.397 e. The quantitative estimate of drug-likeness (QED) is 0.833. The summed E-state index contributed by atoms with van der Waals surface area (Å²) in [6, 6.07) is 6.81. The van der Waals surface area contributed by atoms with Gasteiger partial charge in [0.25, 0.3) is 5.91 Å². The number of halogens is 2. The van der Waals surface area contributed by atoms with Gasteiger partial charge in [-0.15, -0.1) is 0 Å². The van der Waals surface area contributed by atoms with E-state index in [4.69, 9.17) is 28.9 Å². The summed E-state index contributed by atoms with van der Waals surface area (Å²) in [7, 11) is 0. The van der Waals surface area contributed by atoms with Gasteiger partial charge in [0.05, 0.1) is 28.2 Å². The molecular formula is C13H11Cl2N3O. The zero-order valence-electron chi connectivity index (χ0n) is 10.1. The molecule has 0 unspecified atom stereocenters. The first-order valence-corrected chi connectivity index (χ1v) is 6.21. The lowest BCUT2D eigenvalue weighted by molar-refractivity contribution is 0.102. The van der Waals surface area contributed by atoms with E-state index >= 15 is 0 Å². The molecule has 0 fully saturated rings. The number of aromatic nitrogens is 1. The van der Waals surface area contributed by atoms with Gasteiger partial charge in [0.15, 0.2) is 0 Å². The maximum atomic E-state index is 12.1. The van der Waals surface area contributed by atoms with Crippen LogP contribution in [0.5, 0.6) is 0 Å². The number of pyridine rings is 1. The lowest BCUT2D eigenvalue weighted by atomic mass is 10.2. The number of carbonyl (C=O) groups excluding carboxylic acids is 1. The molecule has 0 radical (unpaired) electrons. The summed E-state index contributed by atoms with van der Waals surface area (Å²) < 4.78 is 0. The van der Waals surface area contributed by atoms with Crippen LogP contribution in [0, 0.1) is 6.92 Å². The molecule has 4 nitrogen and oxygen atoms in total. The summed E-state index contributed by atoms with van der Waals surface area (Å²) >= 11 is 11.9. The average Bonchev–Trinajstić information content (AvgIpc) is 2.36. The van der Waals surface area contributed by atoms with Crippen molar-refractivity contribution in [3.63, 3.8) is 0 Å². The van der Waals surface area contributed by atoms with E-state index in [2.05, 4.69) is 10.3 Å². The maximum Gasteiger partial charge on any atom is 0.258 e. The number of nitrogens with one attached hydrogen (secondary N) is 1. The number of carbonyl (C=O) groups is 1. The minimum atomic E-state index is -0.405. The molecule has 1 heterocycles. The number of aryl methyl sites for hydroxylation is 1. The molecule has 0 spiro atoms. The van der Waals surface area contributed by atoms with Crippen molar-refractivity contribution in [2.24, 2.45) is 0 Å². The molecular weight excluding hydrogens is 285 g/mol. The Hall–Kier alpha value is -1.78. The summed E-state index contributed by atoms with van der Waals surface area (Å²) in [6.07, 6.45) is 1.39. The van der Waals surface area contributed by atoms with Crippen molar-refractivity contribution in [3.8, 4) is 0 Å². The number of nitrogens with zero attached hydrogens (tertiary/aromatic N) is 1. The van der Waals surface area contributed by atoms with Gasteiger partial charge in [-0.1, -0.05) is 29.3 Å². The van der Waals surface area contributed by atoms with Gasteiger partial charge in [-0.3, -0.25) is 4.79 Å². The Morgan fingerprint density at radius 1 is 1.32 bits per heavy atom.